The number of hydrogen-bond acceptors (Lipinski definition) is 3. The van der Waals surface area contributed by atoms with E-state index < -0.39 is 16.0 Å². The molecule has 0 fully saturated rings. The summed E-state index contributed by atoms with van der Waals surface area (Å²) < 4.78 is 12.4. The van der Waals surface area contributed by atoms with Crippen molar-refractivity contribution in [1.82, 2.24) is 5.32 Å². The van der Waals surface area contributed by atoms with Crippen molar-refractivity contribution in [1.29, 1.82) is 0 Å². The van der Waals surface area contributed by atoms with Crippen molar-refractivity contribution in [3.8, 4) is 0 Å². The van der Waals surface area contributed by atoms with Crippen molar-refractivity contribution in [2.24, 2.45) is 0 Å². The molecule has 1 aromatic rings. The fourth-order valence-electron chi connectivity index (χ4n) is 1.57. The van der Waals surface area contributed by atoms with E-state index in [4.69, 9.17) is 5.73 Å². The van der Waals surface area contributed by atoms with Gasteiger partial charge in [0.25, 0.3) is 0 Å². The van der Waals surface area contributed by atoms with E-state index in [-0.39, 0.29) is 11.9 Å². The molecule has 4 nitrogen and oxygen atoms in total. The van der Waals surface area contributed by atoms with Crippen LogP contribution in [0, 0.1) is 6.92 Å². The number of benzene rings is 1. The largest absolute Gasteiger partial charge is 0.398 e. The van der Waals surface area contributed by atoms with Crippen LogP contribution >= 0.6 is 0 Å². The fraction of sp³-hybridized carbons (Fsp3) is 0.500. The van der Waals surface area contributed by atoms with Crippen LogP contribution in [-0.4, -0.2) is 21.4 Å². The van der Waals surface area contributed by atoms with Crippen LogP contribution in [0.15, 0.2) is 23.1 Å². The van der Waals surface area contributed by atoms with Crippen molar-refractivity contribution in [3.63, 3.8) is 0 Å². The molecular weight excluding hydrogens is 260 g/mol. The van der Waals surface area contributed by atoms with E-state index in [0.717, 1.165) is 12.0 Å². The van der Waals surface area contributed by atoms with Gasteiger partial charge in [0.05, 0.1) is 15.7 Å². The lowest BCUT2D eigenvalue weighted by atomic mass is 10.2. The first-order chi connectivity index (χ1) is 8.86. The van der Waals surface area contributed by atoms with Gasteiger partial charge in [-0.2, -0.15) is 0 Å². The molecule has 0 heterocycles. The highest BCUT2D eigenvalue weighted by Gasteiger charge is 2.23. The SMILES string of the molecule is CCC(C)NC(=O)C(C)S(=O)c1cc(C)ccc1N. The van der Waals surface area contributed by atoms with Crippen molar-refractivity contribution >= 4 is 22.4 Å². The van der Waals surface area contributed by atoms with E-state index in [9.17, 15) is 9.00 Å². The number of carbonyl (C=O) groups excluding carboxylic acids is 1. The topological polar surface area (TPSA) is 72.2 Å². The van der Waals surface area contributed by atoms with Crippen LogP contribution in [0.2, 0.25) is 0 Å². The van der Waals surface area contributed by atoms with Gasteiger partial charge in [-0.05, 0) is 44.9 Å². The highest BCUT2D eigenvalue weighted by atomic mass is 32.2. The van der Waals surface area contributed by atoms with E-state index in [1.807, 2.05) is 26.8 Å². The summed E-state index contributed by atoms with van der Waals surface area (Å²) in [7, 11) is -1.44. The minimum Gasteiger partial charge on any atom is -0.398 e. The monoisotopic (exact) mass is 282 g/mol. The Morgan fingerprint density at radius 1 is 1.42 bits per heavy atom. The number of anilines is 1. The van der Waals surface area contributed by atoms with Gasteiger partial charge in [0.1, 0.15) is 5.25 Å². The summed E-state index contributed by atoms with van der Waals surface area (Å²) in [6.07, 6.45) is 0.845. The molecule has 1 aromatic carbocycles. The number of carbonyl (C=O) groups is 1. The lowest BCUT2D eigenvalue weighted by Crippen LogP contribution is -2.40. The number of hydrogen-bond donors (Lipinski definition) is 2. The molecule has 0 aliphatic rings. The molecule has 0 aliphatic heterocycles. The lowest BCUT2D eigenvalue weighted by molar-refractivity contribution is -0.120. The number of aryl methyl sites for hydroxylation is 1. The van der Waals surface area contributed by atoms with Crippen molar-refractivity contribution in [2.45, 2.75) is 50.3 Å². The summed E-state index contributed by atoms with van der Waals surface area (Å²) >= 11 is 0. The summed E-state index contributed by atoms with van der Waals surface area (Å²) in [5.74, 6) is -0.200. The number of nitrogens with one attached hydrogen (secondary N) is 1. The van der Waals surface area contributed by atoms with Gasteiger partial charge in [0, 0.05) is 11.7 Å². The molecule has 0 saturated heterocycles. The quantitative estimate of drug-likeness (QED) is 0.811. The maximum atomic E-state index is 12.4. The van der Waals surface area contributed by atoms with E-state index in [2.05, 4.69) is 5.32 Å². The van der Waals surface area contributed by atoms with Crippen molar-refractivity contribution < 1.29 is 9.00 Å². The average molecular weight is 282 g/mol. The molecule has 3 atom stereocenters. The zero-order valence-corrected chi connectivity index (χ0v) is 12.7. The molecule has 3 unspecified atom stereocenters. The summed E-state index contributed by atoms with van der Waals surface area (Å²) in [4.78, 5) is 12.5. The summed E-state index contributed by atoms with van der Waals surface area (Å²) in [5.41, 5.74) is 7.27. The predicted octanol–water partition coefficient (Wildman–Crippen LogP) is 1.99. The van der Waals surface area contributed by atoms with Crippen LogP contribution in [-0.2, 0) is 15.6 Å². The average Bonchev–Trinajstić information content (AvgIpc) is 2.39. The Bertz CT molecular complexity index is 488. The first-order valence-corrected chi connectivity index (χ1v) is 7.65. The normalized spacial score (nSPS) is 15.6. The van der Waals surface area contributed by atoms with E-state index in [1.165, 1.54) is 0 Å². The maximum absolute atomic E-state index is 12.4. The Labute approximate surface area is 117 Å². The number of nitrogens with two attached hydrogens (primary N) is 1. The van der Waals surface area contributed by atoms with Gasteiger partial charge in [0.15, 0.2) is 0 Å². The second-order valence-corrected chi connectivity index (χ2v) is 6.54. The Balaban J connectivity index is 2.87. The molecule has 1 amide bonds. The first kappa shape index (κ1) is 15.7. The molecule has 0 aliphatic carbocycles. The Morgan fingerprint density at radius 3 is 2.63 bits per heavy atom. The molecule has 0 aromatic heterocycles. The number of amides is 1. The highest BCUT2D eigenvalue weighted by Crippen LogP contribution is 2.20. The predicted molar refractivity (Wildman–Crippen MR) is 79.4 cm³/mol. The smallest absolute Gasteiger partial charge is 0.236 e. The zero-order valence-electron chi connectivity index (χ0n) is 11.9. The van der Waals surface area contributed by atoms with Gasteiger partial charge in [-0.25, -0.2) is 0 Å². The molecule has 19 heavy (non-hydrogen) atoms. The molecule has 1 rings (SSSR count). The molecule has 0 spiro atoms. The second-order valence-electron chi connectivity index (χ2n) is 4.80. The third kappa shape index (κ3) is 4.06. The van der Waals surface area contributed by atoms with Crippen molar-refractivity contribution in [2.75, 3.05) is 5.73 Å². The molecule has 106 valence electrons. The Morgan fingerprint density at radius 2 is 2.05 bits per heavy atom. The van der Waals surface area contributed by atoms with Gasteiger partial charge < -0.3 is 11.1 Å². The van der Waals surface area contributed by atoms with Crippen LogP contribution in [0.25, 0.3) is 0 Å². The van der Waals surface area contributed by atoms with Crippen LogP contribution in [0.4, 0.5) is 5.69 Å². The third-order valence-electron chi connectivity index (χ3n) is 3.08. The summed E-state index contributed by atoms with van der Waals surface area (Å²) in [6.45, 7) is 7.49. The first-order valence-electron chi connectivity index (χ1n) is 6.43. The molecule has 0 radical (unpaired) electrons. The van der Waals surface area contributed by atoms with Crippen LogP contribution in [0.3, 0.4) is 0 Å². The van der Waals surface area contributed by atoms with Gasteiger partial charge in [-0.1, -0.05) is 13.0 Å². The molecule has 5 heteroatoms. The number of nitrogen functional groups attached to an aromatic ring is 1. The van der Waals surface area contributed by atoms with Crippen LogP contribution in [0.1, 0.15) is 32.8 Å². The maximum Gasteiger partial charge on any atom is 0.236 e. The van der Waals surface area contributed by atoms with Gasteiger partial charge in [-0.15, -0.1) is 0 Å². The van der Waals surface area contributed by atoms with Gasteiger partial charge in [-0.3, -0.25) is 9.00 Å². The summed E-state index contributed by atoms with van der Waals surface area (Å²) in [6, 6.07) is 5.45. The Kier molecular flexibility index (Phi) is 5.54. The highest BCUT2D eigenvalue weighted by molar-refractivity contribution is 7.86. The number of rotatable bonds is 5. The van der Waals surface area contributed by atoms with Crippen LogP contribution in [0.5, 0.6) is 0 Å². The van der Waals surface area contributed by atoms with Gasteiger partial charge in [0.2, 0.25) is 5.91 Å². The van der Waals surface area contributed by atoms with E-state index >= 15 is 0 Å². The minimum absolute atomic E-state index is 0.0850. The minimum atomic E-state index is -1.44. The molecular formula is C14H22N2O2S. The fourth-order valence-corrected chi connectivity index (χ4v) is 2.81. The summed E-state index contributed by atoms with van der Waals surface area (Å²) in [5, 5.41) is 2.23. The molecule has 3 N–H and O–H groups in total. The van der Waals surface area contributed by atoms with Crippen molar-refractivity contribution in [3.05, 3.63) is 23.8 Å². The third-order valence-corrected chi connectivity index (χ3v) is 4.72. The molecule has 0 saturated carbocycles. The zero-order chi connectivity index (χ0) is 14.6. The second kappa shape index (κ2) is 6.70. The Hall–Kier alpha value is -1.36. The van der Waals surface area contributed by atoms with Gasteiger partial charge >= 0.3 is 0 Å². The van der Waals surface area contributed by atoms with E-state index in [0.29, 0.717) is 10.6 Å². The lowest BCUT2D eigenvalue weighted by Gasteiger charge is -2.17. The van der Waals surface area contributed by atoms with Crippen LogP contribution < -0.4 is 11.1 Å². The van der Waals surface area contributed by atoms with E-state index in [1.54, 1.807) is 19.1 Å². The molecule has 0 bridgehead atoms. The standard InChI is InChI=1S/C14H22N2O2S/c1-5-10(3)16-14(17)11(4)19(18)13-8-9(2)6-7-12(13)15/h6-8,10-11H,5,15H2,1-4H3,(H,16,17).